The van der Waals surface area contributed by atoms with E-state index >= 15 is 0 Å². The molecule has 0 fully saturated rings. The van der Waals surface area contributed by atoms with Crippen LogP contribution in [0, 0.1) is 11.3 Å². The fourth-order valence-electron chi connectivity index (χ4n) is 8.94. The molecule has 0 saturated heterocycles. The van der Waals surface area contributed by atoms with Crippen LogP contribution in [0.2, 0.25) is 0 Å². The van der Waals surface area contributed by atoms with Gasteiger partial charge in [-0.25, -0.2) is 0 Å². The first-order valence-corrected chi connectivity index (χ1v) is 17.6. The molecule has 2 nitrogen and oxygen atoms in total. The lowest BCUT2D eigenvalue weighted by Crippen LogP contribution is -2.15. The van der Waals surface area contributed by atoms with Gasteiger partial charge in [0.1, 0.15) is 0 Å². The van der Waals surface area contributed by atoms with Gasteiger partial charge in [0.15, 0.2) is 0 Å². The Hall–Kier alpha value is -6.17. The summed E-state index contributed by atoms with van der Waals surface area (Å²) in [7, 11) is 0. The molecule has 50 heavy (non-hydrogen) atoms. The van der Waals surface area contributed by atoms with E-state index in [2.05, 4.69) is 158 Å². The summed E-state index contributed by atoms with van der Waals surface area (Å²) in [5.41, 5.74) is 17.3. The molecular weight excluding hydrogens is 605 g/mol. The lowest BCUT2D eigenvalue weighted by atomic mass is 9.78. The molecule has 2 heteroatoms. The number of hydrogen-bond donors (Lipinski definition) is 0. The van der Waals surface area contributed by atoms with Gasteiger partial charge in [-0.15, -0.1) is 0 Å². The fourth-order valence-corrected chi connectivity index (χ4v) is 8.94. The average Bonchev–Trinajstić information content (AvgIpc) is 3.60. The second kappa shape index (κ2) is 10.7. The van der Waals surface area contributed by atoms with Crippen molar-refractivity contribution in [1.82, 2.24) is 4.57 Å². The minimum absolute atomic E-state index is 0.168. The first-order chi connectivity index (χ1) is 24.5. The van der Waals surface area contributed by atoms with E-state index in [0.717, 1.165) is 12.8 Å². The second-order valence-corrected chi connectivity index (χ2v) is 14.3. The van der Waals surface area contributed by atoms with Crippen LogP contribution in [0.5, 0.6) is 0 Å². The molecule has 1 heterocycles. The van der Waals surface area contributed by atoms with Crippen molar-refractivity contribution in [3.63, 3.8) is 0 Å². The highest BCUT2D eigenvalue weighted by Gasteiger charge is 2.37. The maximum atomic E-state index is 9.47. The van der Waals surface area contributed by atoms with Gasteiger partial charge in [0.25, 0.3) is 0 Å². The van der Waals surface area contributed by atoms with Crippen LogP contribution in [0.3, 0.4) is 0 Å². The van der Waals surface area contributed by atoms with Crippen LogP contribution in [-0.2, 0) is 11.8 Å². The Morgan fingerprint density at radius 1 is 0.600 bits per heavy atom. The molecule has 7 aromatic carbocycles. The van der Waals surface area contributed by atoms with Gasteiger partial charge in [0, 0.05) is 21.9 Å². The predicted molar refractivity (Wildman–Crippen MR) is 209 cm³/mol. The quantitative estimate of drug-likeness (QED) is 0.189. The molecular formula is C48H34N2. The molecule has 10 rings (SSSR count). The Morgan fingerprint density at radius 2 is 1.28 bits per heavy atom. The summed E-state index contributed by atoms with van der Waals surface area (Å²) in [6.45, 7) is 4.79. The van der Waals surface area contributed by atoms with Crippen molar-refractivity contribution in [2.45, 2.75) is 32.1 Å². The molecule has 0 atom stereocenters. The van der Waals surface area contributed by atoms with E-state index in [1.54, 1.807) is 0 Å². The number of allylic oxidation sites excluding steroid dienone is 1. The van der Waals surface area contributed by atoms with Crippen molar-refractivity contribution in [3.05, 3.63) is 167 Å². The smallest absolute Gasteiger partial charge is 0.0991 e. The highest BCUT2D eigenvalue weighted by molar-refractivity contribution is 6.12. The molecule has 0 radical (unpaired) electrons. The summed E-state index contributed by atoms with van der Waals surface area (Å²) < 4.78 is 2.42. The zero-order valence-corrected chi connectivity index (χ0v) is 28.2. The van der Waals surface area contributed by atoms with Crippen LogP contribution in [-0.4, -0.2) is 4.57 Å². The molecule has 8 aromatic rings. The van der Waals surface area contributed by atoms with Crippen LogP contribution >= 0.6 is 0 Å². The van der Waals surface area contributed by atoms with Gasteiger partial charge in [-0.2, -0.15) is 5.26 Å². The first-order valence-electron chi connectivity index (χ1n) is 17.6. The molecule has 2 aliphatic carbocycles. The van der Waals surface area contributed by atoms with Crippen molar-refractivity contribution < 1.29 is 0 Å². The van der Waals surface area contributed by atoms with E-state index in [9.17, 15) is 5.26 Å². The molecule has 0 aliphatic heterocycles. The van der Waals surface area contributed by atoms with Gasteiger partial charge in [-0.05, 0) is 128 Å². The van der Waals surface area contributed by atoms with Crippen molar-refractivity contribution in [1.29, 1.82) is 5.26 Å². The summed E-state index contributed by atoms with van der Waals surface area (Å²) in [6.07, 6.45) is 6.69. The number of para-hydroxylation sites is 2. The van der Waals surface area contributed by atoms with Gasteiger partial charge in [0.05, 0.1) is 22.7 Å². The van der Waals surface area contributed by atoms with E-state index in [4.69, 9.17) is 0 Å². The van der Waals surface area contributed by atoms with Gasteiger partial charge in [-0.1, -0.05) is 111 Å². The van der Waals surface area contributed by atoms with Crippen LogP contribution in [0.4, 0.5) is 0 Å². The fraction of sp³-hybridized carbons (Fsp3) is 0.104. The van der Waals surface area contributed by atoms with E-state index in [1.165, 1.54) is 93.9 Å². The van der Waals surface area contributed by atoms with Crippen LogP contribution in [0.1, 0.15) is 48.1 Å². The number of fused-ring (bicyclic) bond motifs is 8. The maximum Gasteiger partial charge on any atom is 0.0991 e. The number of nitriles is 1. The van der Waals surface area contributed by atoms with Gasteiger partial charge in [-0.3, -0.25) is 0 Å². The number of benzene rings is 7. The highest BCUT2D eigenvalue weighted by Crippen LogP contribution is 2.53. The van der Waals surface area contributed by atoms with Gasteiger partial charge >= 0.3 is 0 Å². The Bertz CT molecular complexity index is 2770. The molecule has 0 spiro atoms. The van der Waals surface area contributed by atoms with Crippen LogP contribution < -0.4 is 0 Å². The molecule has 1 aromatic heterocycles. The number of rotatable bonds is 3. The number of nitrogens with zero attached hydrogens (tertiary/aromatic N) is 2. The van der Waals surface area contributed by atoms with E-state index in [0.29, 0.717) is 5.56 Å². The molecule has 0 amide bonds. The minimum Gasteiger partial charge on any atom is -0.309 e. The Morgan fingerprint density at radius 3 is 2.06 bits per heavy atom. The Kier molecular flexibility index (Phi) is 6.14. The third kappa shape index (κ3) is 4.01. The summed E-state index contributed by atoms with van der Waals surface area (Å²) in [5.74, 6) is 0. The number of aromatic nitrogens is 1. The van der Waals surface area contributed by atoms with E-state index in [1.807, 2.05) is 12.1 Å². The van der Waals surface area contributed by atoms with Crippen molar-refractivity contribution in [3.8, 4) is 45.1 Å². The molecule has 0 bridgehead atoms. The maximum absolute atomic E-state index is 9.47. The highest BCUT2D eigenvalue weighted by atomic mass is 15.0. The van der Waals surface area contributed by atoms with Crippen LogP contribution in [0.25, 0.3) is 77.7 Å². The number of hydrogen-bond acceptors (Lipinski definition) is 1. The normalized spacial score (nSPS) is 14.1. The van der Waals surface area contributed by atoms with E-state index < -0.39 is 0 Å². The largest absolute Gasteiger partial charge is 0.309 e. The summed E-state index contributed by atoms with van der Waals surface area (Å²) >= 11 is 0. The third-order valence-corrected chi connectivity index (χ3v) is 11.3. The zero-order chi connectivity index (χ0) is 33.6. The molecule has 2 aliphatic rings. The van der Waals surface area contributed by atoms with Gasteiger partial charge in [0.2, 0.25) is 0 Å². The van der Waals surface area contributed by atoms with Crippen molar-refractivity contribution in [2.75, 3.05) is 0 Å². The Labute approximate surface area is 292 Å². The monoisotopic (exact) mass is 638 g/mol. The predicted octanol–water partition coefficient (Wildman–Crippen LogP) is 12.4. The summed E-state index contributed by atoms with van der Waals surface area (Å²) in [4.78, 5) is 0. The summed E-state index contributed by atoms with van der Waals surface area (Å²) in [6, 6.07) is 50.9. The van der Waals surface area contributed by atoms with Gasteiger partial charge < -0.3 is 4.57 Å². The standard InChI is InChI=1S/C48H34N2/c1-48(2)42-26-32(47-38-17-8-6-15-36(38)46(37-16-7-9-18-39(37)47)31-22-20-30(29-49)21-23-31)24-25-34(42)40-28-45-41(27-43(40)48)35-14-10-11-19-44(35)50(45)33-12-4-3-5-13-33/h3-6,8-15,17-28H,7,16H2,1-2H3. The molecule has 236 valence electrons. The lowest BCUT2D eigenvalue weighted by Gasteiger charge is -2.25. The topological polar surface area (TPSA) is 28.7 Å². The SMILES string of the molecule is CC1(C)c2cc(-c3c4c(c(-c5ccc(C#N)cc5)c5ccccc35)CCC=C4)ccc2-c2cc3c(cc21)c1ccccc1n3-c1ccccc1. The first kappa shape index (κ1) is 28.8. The summed E-state index contributed by atoms with van der Waals surface area (Å²) in [5, 5.41) is 14.6. The van der Waals surface area contributed by atoms with E-state index in [-0.39, 0.29) is 5.41 Å². The third-order valence-electron chi connectivity index (χ3n) is 11.3. The Balaban J connectivity index is 1.20. The van der Waals surface area contributed by atoms with Crippen molar-refractivity contribution >= 4 is 38.7 Å². The molecule has 0 saturated carbocycles. The minimum atomic E-state index is -0.168. The zero-order valence-electron chi connectivity index (χ0n) is 28.2. The molecule has 0 N–H and O–H groups in total. The second-order valence-electron chi connectivity index (χ2n) is 14.3. The average molecular weight is 639 g/mol. The van der Waals surface area contributed by atoms with Crippen LogP contribution in [0.15, 0.2) is 140 Å². The molecule has 0 unspecified atom stereocenters. The van der Waals surface area contributed by atoms with Crippen molar-refractivity contribution in [2.24, 2.45) is 0 Å². The lowest BCUT2D eigenvalue weighted by molar-refractivity contribution is 0.661.